The fourth-order valence-corrected chi connectivity index (χ4v) is 1.86. The third kappa shape index (κ3) is 2.23. The normalized spacial score (nSPS) is 12.2. The molecule has 20 heavy (non-hydrogen) atoms. The molecule has 2 aromatic rings. The maximum atomic E-state index is 13.1. The summed E-state index contributed by atoms with van der Waals surface area (Å²) in [5.74, 6) is -0.382. The minimum atomic E-state index is -0.610. The van der Waals surface area contributed by atoms with Gasteiger partial charge in [0, 0.05) is 11.8 Å². The van der Waals surface area contributed by atoms with Gasteiger partial charge in [0.15, 0.2) is 11.5 Å². The van der Waals surface area contributed by atoms with Crippen LogP contribution in [-0.2, 0) is 0 Å². The molecule has 1 heterocycles. The lowest BCUT2D eigenvalue weighted by Gasteiger charge is -2.07. The summed E-state index contributed by atoms with van der Waals surface area (Å²) in [5.41, 5.74) is 0.325. The first-order chi connectivity index (χ1) is 9.63. The Kier molecular flexibility index (Phi) is 2.90. The number of benzene rings is 2. The quantitative estimate of drug-likeness (QED) is 0.883. The Balaban J connectivity index is 1.84. The minimum absolute atomic E-state index is 0.136. The molecule has 0 saturated carbocycles. The van der Waals surface area contributed by atoms with Gasteiger partial charge in [-0.1, -0.05) is 0 Å². The molecule has 0 aromatic heterocycles. The van der Waals surface area contributed by atoms with Crippen LogP contribution in [0.2, 0.25) is 0 Å². The van der Waals surface area contributed by atoms with Gasteiger partial charge >= 0.3 is 0 Å². The predicted octanol–water partition coefficient (Wildman–Crippen LogP) is 2.51. The molecule has 102 valence electrons. The highest BCUT2D eigenvalue weighted by Gasteiger charge is 2.16. The number of aromatic hydroxyl groups is 1. The van der Waals surface area contributed by atoms with Crippen LogP contribution in [0.3, 0.4) is 0 Å². The first-order valence-electron chi connectivity index (χ1n) is 5.83. The Labute approximate surface area is 113 Å². The molecule has 5 nitrogen and oxygen atoms in total. The molecule has 2 N–H and O–H groups in total. The van der Waals surface area contributed by atoms with Gasteiger partial charge in [-0.05, 0) is 30.3 Å². The number of halogens is 1. The molecule has 0 atom stereocenters. The van der Waals surface area contributed by atoms with Crippen LogP contribution in [0.15, 0.2) is 36.4 Å². The van der Waals surface area contributed by atoms with Crippen LogP contribution in [-0.4, -0.2) is 17.8 Å². The Morgan fingerprint density at radius 1 is 1.15 bits per heavy atom. The van der Waals surface area contributed by atoms with E-state index in [1.807, 2.05) is 0 Å². The van der Waals surface area contributed by atoms with E-state index in [0.29, 0.717) is 17.2 Å². The molecule has 0 aliphatic carbocycles. The number of carbonyl (C=O) groups excluding carboxylic acids is 1. The van der Waals surface area contributed by atoms with Gasteiger partial charge in [-0.3, -0.25) is 4.79 Å². The number of nitrogens with one attached hydrogen (secondary N) is 1. The fraction of sp³-hybridized carbons (Fsp3) is 0.0714. The fourth-order valence-electron chi connectivity index (χ4n) is 1.86. The summed E-state index contributed by atoms with van der Waals surface area (Å²) >= 11 is 0. The van der Waals surface area contributed by atoms with E-state index in [1.54, 1.807) is 18.2 Å². The Bertz CT molecular complexity index is 687. The van der Waals surface area contributed by atoms with E-state index in [9.17, 15) is 14.3 Å². The topological polar surface area (TPSA) is 67.8 Å². The van der Waals surface area contributed by atoms with E-state index in [-0.39, 0.29) is 18.1 Å². The second-order valence-electron chi connectivity index (χ2n) is 4.18. The van der Waals surface area contributed by atoms with Crippen LogP contribution in [0.5, 0.6) is 17.2 Å². The monoisotopic (exact) mass is 275 g/mol. The van der Waals surface area contributed by atoms with Gasteiger partial charge < -0.3 is 19.9 Å². The molecule has 6 heteroatoms. The van der Waals surface area contributed by atoms with E-state index in [0.717, 1.165) is 18.2 Å². The maximum Gasteiger partial charge on any atom is 0.259 e. The number of hydrogen-bond donors (Lipinski definition) is 2. The van der Waals surface area contributed by atoms with Crippen LogP contribution >= 0.6 is 0 Å². The zero-order valence-corrected chi connectivity index (χ0v) is 10.2. The second-order valence-corrected chi connectivity index (χ2v) is 4.18. The van der Waals surface area contributed by atoms with Crippen LogP contribution in [0.25, 0.3) is 0 Å². The standard InChI is InChI=1S/C14H10FNO4/c15-8-1-3-11(17)10(5-8)14(18)16-9-2-4-12-13(6-9)20-7-19-12/h1-6,17H,7H2,(H,16,18). The summed E-state index contributed by atoms with van der Waals surface area (Å²) < 4.78 is 23.4. The van der Waals surface area contributed by atoms with Crippen molar-refractivity contribution in [3.05, 3.63) is 47.8 Å². The van der Waals surface area contributed by atoms with Gasteiger partial charge in [-0.2, -0.15) is 0 Å². The van der Waals surface area contributed by atoms with Crippen molar-refractivity contribution in [2.45, 2.75) is 0 Å². The van der Waals surface area contributed by atoms with E-state index in [2.05, 4.69) is 5.32 Å². The van der Waals surface area contributed by atoms with Crippen molar-refractivity contribution in [1.82, 2.24) is 0 Å². The lowest BCUT2D eigenvalue weighted by atomic mass is 10.1. The van der Waals surface area contributed by atoms with Crippen LogP contribution in [0.1, 0.15) is 10.4 Å². The van der Waals surface area contributed by atoms with Gasteiger partial charge in [-0.25, -0.2) is 4.39 Å². The molecule has 0 bridgehead atoms. The lowest BCUT2D eigenvalue weighted by molar-refractivity contribution is 0.102. The Hall–Kier alpha value is -2.76. The first-order valence-corrected chi connectivity index (χ1v) is 5.83. The third-order valence-electron chi connectivity index (χ3n) is 2.83. The minimum Gasteiger partial charge on any atom is -0.507 e. The molecule has 0 fully saturated rings. The SMILES string of the molecule is O=C(Nc1ccc2c(c1)OCO2)c1cc(F)ccc1O. The molecule has 0 unspecified atom stereocenters. The molecule has 1 aliphatic rings. The summed E-state index contributed by atoms with van der Waals surface area (Å²) in [5, 5.41) is 12.1. The molecule has 0 saturated heterocycles. The molecule has 2 aromatic carbocycles. The smallest absolute Gasteiger partial charge is 0.259 e. The number of rotatable bonds is 2. The molecular formula is C14H10FNO4. The van der Waals surface area contributed by atoms with Crippen molar-refractivity contribution in [3.8, 4) is 17.2 Å². The van der Waals surface area contributed by atoms with Crippen LogP contribution in [0, 0.1) is 5.82 Å². The molecule has 1 aliphatic heterocycles. The van der Waals surface area contributed by atoms with Gasteiger partial charge in [0.2, 0.25) is 6.79 Å². The van der Waals surface area contributed by atoms with Gasteiger partial charge in [0.05, 0.1) is 5.56 Å². The van der Waals surface area contributed by atoms with E-state index in [4.69, 9.17) is 9.47 Å². The van der Waals surface area contributed by atoms with E-state index >= 15 is 0 Å². The zero-order chi connectivity index (χ0) is 14.1. The summed E-state index contributed by atoms with van der Waals surface area (Å²) in [6.07, 6.45) is 0. The maximum absolute atomic E-state index is 13.1. The van der Waals surface area contributed by atoms with Crippen molar-refractivity contribution >= 4 is 11.6 Å². The van der Waals surface area contributed by atoms with Crippen molar-refractivity contribution in [1.29, 1.82) is 0 Å². The van der Waals surface area contributed by atoms with Crippen molar-refractivity contribution in [2.75, 3.05) is 12.1 Å². The van der Waals surface area contributed by atoms with Gasteiger partial charge in [0.25, 0.3) is 5.91 Å². The molecule has 1 amide bonds. The van der Waals surface area contributed by atoms with Crippen LogP contribution in [0.4, 0.5) is 10.1 Å². The average molecular weight is 275 g/mol. The molecule has 3 rings (SSSR count). The van der Waals surface area contributed by atoms with Crippen molar-refractivity contribution in [3.63, 3.8) is 0 Å². The summed E-state index contributed by atoms with van der Waals surface area (Å²) in [6.45, 7) is 0.136. The van der Waals surface area contributed by atoms with Crippen LogP contribution < -0.4 is 14.8 Å². The summed E-state index contributed by atoms with van der Waals surface area (Å²) in [6, 6.07) is 8.05. The number of carbonyl (C=O) groups is 1. The summed E-state index contributed by atoms with van der Waals surface area (Å²) in [4.78, 5) is 12.0. The zero-order valence-electron chi connectivity index (χ0n) is 10.2. The van der Waals surface area contributed by atoms with Gasteiger partial charge in [0.1, 0.15) is 11.6 Å². The number of hydrogen-bond acceptors (Lipinski definition) is 4. The molecule has 0 spiro atoms. The highest BCUT2D eigenvalue weighted by atomic mass is 19.1. The second kappa shape index (κ2) is 4.73. The molecular weight excluding hydrogens is 265 g/mol. The Morgan fingerprint density at radius 2 is 1.95 bits per heavy atom. The number of phenols is 1. The van der Waals surface area contributed by atoms with E-state index in [1.165, 1.54) is 0 Å². The third-order valence-corrected chi connectivity index (χ3v) is 2.83. The highest BCUT2D eigenvalue weighted by Crippen LogP contribution is 2.34. The first kappa shape index (κ1) is 12.3. The predicted molar refractivity (Wildman–Crippen MR) is 68.6 cm³/mol. The number of fused-ring (bicyclic) bond motifs is 1. The number of phenolic OH excluding ortho intramolecular Hbond substituents is 1. The van der Waals surface area contributed by atoms with Gasteiger partial charge in [-0.15, -0.1) is 0 Å². The van der Waals surface area contributed by atoms with Crippen molar-refractivity contribution < 1.29 is 23.8 Å². The van der Waals surface area contributed by atoms with Crippen molar-refractivity contribution in [2.24, 2.45) is 0 Å². The molecule has 0 radical (unpaired) electrons. The average Bonchev–Trinajstić information content (AvgIpc) is 2.89. The number of anilines is 1. The largest absolute Gasteiger partial charge is 0.507 e. The summed E-state index contributed by atoms with van der Waals surface area (Å²) in [7, 11) is 0. The number of amides is 1. The highest BCUT2D eigenvalue weighted by molar-refractivity contribution is 6.06. The lowest BCUT2D eigenvalue weighted by Crippen LogP contribution is -2.12. The number of ether oxygens (including phenoxy) is 2. The Morgan fingerprint density at radius 3 is 2.80 bits per heavy atom. The van der Waals surface area contributed by atoms with E-state index < -0.39 is 11.7 Å².